The van der Waals surface area contributed by atoms with E-state index in [-0.39, 0.29) is 19.8 Å². The van der Waals surface area contributed by atoms with Crippen molar-refractivity contribution in [2.75, 3.05) is 0 Å². The molecule has 0 saturated carbocycles. The number of benzene rings is 9. The lowest BCUT2D eigenvalue weighted by molar-refractivity contribution is 0.0975. The molecule has 0 fully saturated rings. The summed E-state index contributed by atoms with van der Waals surface area (Å²) in [4.78, 5) is 0. The van der Waals surface area contributed by atoms with E-state index in [0.717, 1.165) is 83.5 Å². The third-order valence-electron chi connectivity index (χ3n) is 14.4. The summed E-state index contributed by atoms with van der Waals surface area (Å²) in [5.74, 6) is 0. The highest BCUT2D eigenvalue weighted by Gasteiger charge is 2.30. The van der Waals surface area contributed by atoms with Crippen LogP contribution in [0.15, 0.2) is 182 Å². The van der Waals surface area contributed by atoms with Gasteiger partial charge >= 0.3 is 7.82 Å². The molecule has 0 radical (unpaired) electrons. The first kappa shape index (κ1) is 49.1. The second-order valence-electron chi connectivity index (χ2n) is 19.0. The normalized spacial score (nSPS) is 11.6. The smallest absolute Gasteiger partial charge is 0.282 e. The Morgan fingerprint density at radius 3 is 0.704 bits per heavy atom. The Hall–Kier alpha value is -6.91. The third-order valence-corrected chi connectivity index (χ3v) is 15.8. The number of rotatable bonds is 15. The van der Waals surface area contributed by atoms with E-state index < -0.39 is 7.82 Å². The van der Waals surface area contributed by atoms with Crippen LogP contribution in [0.3, 0.4) is 0 Å². The highest BCUT2D eigenvalue weighted by Crippen LogP contribution is 2.53. The monoisotopic (exact) mass is 950 g/mol. The molecule has 0 aromatic heterocycles. The summed E-state index contributed by atoms with van der Waals surface area (Å²) in [5.41, 5.74) is 26.6. The molecule has 0 bridgehead atoms. The highest BCUT2D eigenvalue weighted by atomic mass is 31.2. The van der Waals surface area contributed by atoms with Gasteiger partial charge in [-0.3, -0.25) is 13.6 Å². The molecule has 0 atom stereocenters. The van der Waals surface area contributed by atoms with Crippen molar-refractivity contribution in [3.05, 3.63) is 249 Å². The molecule has 0 aliphatic heterocycles. The molecule has 9 aromatic rings. The van der Waals surface area contributed by atoms with Crippen LogP contribution in [0.4, 0.5) is 0 Å². The fraction of sp³-hybridized carbons (Fsp3) is 0.182. The van der Waals surface area contributed by atoms with Crippen LogP contribution in [0.5, 0.6) is 0 Å². The van der Waals surface area contributed by atoms with Gasteiger partial charge in [-0.05, 0) is 196 Å². The molecule has 0 aliphatic carbocycles. The molecule has 71 heavy (non-hydrogen) atoms. The Labute approximate surface area is 421 Å². The minimum Gasteiger partial charge on any atom is -0.282 e. The minimum atomic E-state index is -4.30. The van der Waals surface area contributed by atoms with Crippen LogP contribution < -0.4 is 0 Å². The molecular formula is C66H63O4P. The van der Waals surface area contributed by atoms with Crippen molar-refractivity contribution in [3.63, 3.8) is 0 Å². The van der Waals surface area contributed by atoms with Crippen molar-refractivity contribution in [1.29, 1.82) is 0 Å². The molecule has 0 amide bonds. The summed E-state index contributed by atoms with van der Waals surface area (Å²) >= 11 is 0. The summed E-state index contributed by atoms with van der Waals surface area (Å²) < 4.78 is 35.4. The first-order valence-electron chi connectivity index (χ1n) is 24.6. The van der Waals surface area contributed by atoms with E-state index in [2.05, 4.69) is 244 Å². The van der Waals surface area contributed by atoms with Crippen LogP contribution in [0, 0.1) is 62.3 Å². The van der Waals surface area contributed by atoms with Crippen LogP contribution in [0.1, 0.15) is 66.8 Å². The molecule has 0 unspecified atom stereocenters. The van der Waals surface area contributed by atoms with E-state index >= 15 is 4.57 Å². The zero-order valence-electron chi connectivity index (χ0n) is 42.5. The molecule has 0 heterocycles. The van der Waals surface area contributed by atoms with Gasteiger partial charge in [0, 0.05) is 0 Å². The second-order valence-corrected chi connectivity index (χ2v) is 20.6. The van der Waals surface area contributed by atoms with Crippen LogP contribution in [-0.4, -0.2) is 0 Å². The third kappa shape index (κ3) is 10.2. The van der Waals surface area contributed by atoms with E-state index in [1.54, 1.807) is 0 Å². The van der Waals surface area contributed by atoms with Crippen LogP contribution in [0.2, 0.25) is 0 Å². The summed E-state index contributed by atoms with van der Waals surface area (Å²) in [6.07, 6.45) is 0. The van der Waals surface area contributed by atoms with Gasteiger partial charge in [0.15, 0.2) is 0 Å². The topological polar surface area (TPSA) is 44.8 Å². The van der Waals surface area contributed by atoms with Crippen molar-refractivity contribution < 1.29 is 18.1 Å². The van der Waals surface area contributed by atoms with E-state index in [4.69, 9.17) is 13.6 Å². The van der Waals surface area contributed by atoms with E-state index in [9.17, 15) is 0 Å². The fourth-order valence-corrected chi connectivity index (χ4v) is 11.3. The van der Waals surface area contributed by atoms with E-state index in [0.29, 0.717) is 0 Å². The van der Waals surface area contributed by atoms with Crippen molar-refractivity contribution in [3.8, 4) is 66.8 Å². The first-order valence-corrected chi connectivity index (χ1v) is 26.1. The van der Waals surface area contributed by atoms with E-state index in [1.165, 1.54) is 50.1 Å². The zero-order chi connectivity index (χ0) is 49.8. The molecule has 0 spiro atoms. The summed E-state index contributed by atoms with van der Waals surface area (Å²) in [6.45, 7) is 19.3. The Morgan fingerprint density at radius 1 is 0.268 bits per heavy atom. The standard InChI is InChI=1S/C66H63O4P/c1-43-22-10-16-28-55(43)61-37-34-52(49(7)64(61)58-31-19-13-25-46(58)4)40-68-71(67,69-41-53-35-38-62(56-29-17-11-23-44(56)2)65(50(53)8)59-32-20-14-26-47(59)5)70-42-54-36-39-63(57-30-18-12-24-45(57)3)66(51(54)9)60-33-21-15-27-48(60)6/h10-39H,40-42H2,1-9H3. The fourth-order valence-electron chi connectivity index (χ4n) is 10.2. The van der Waals surface area contributed by atoms with Gasteiger partial charge in [0.2, 0.25) is 0 Å². The predicted molar refractivity (Wildman–Crippen MR) is 297 cm³/mol. The Kier molecular flexibility index (Phi) is 14.7. The minimum absolute atomic E-state index is 0.00930. The molecule has 4 nitrogen and oxygen atoms in total. The van der Waals surface area contributed by atoms with Crippen LogP contribution in [0.25, 0.3) is 66.8 Å². The van der Waals surface area contributed by atoms with Gasteiger partial charge in [-0.15, -0.1) is 0 Å². The average molecular weight is 951 g/mol. The summed E-state index contributed by atoms with van der Waals surface area (Å²) in [7, 11) is -4.30. The lowest BCUT2D eigenvalue weighted by Gasteiger charge is -2.24. The predicted octanol–water partition coefficient (Wildman–Crippen LogP) is 18.5. The van der Waals surface area contributed by atoms with Gasteiger partial charge < -0.3 is 0 Å². The van der Waals surface area contributed by atoms with Gasteiger partial charge in [0.1, 0.15) is 0 Å². The van der Waals surface area contributed by atoms with Crippen molar-refractivity contribution in [2.45, 2.75) is 82.1 Å². The summed E-state index contributed by atoms with van der Waals surface area (Å²) in [5, 5.41) is 0. The number of phosphoric acid groups is 1. The van der Waals surface area contributed by atoms with Crippen molar-refractivity contribution in [2.24, 2.45) is 0 Å². The Balaban J connectivity index is 1.12. The maximum Gasteiger partial charge on any atom is 0.475 e. The van der Waals surface area contributed by atoms with Gasteiger partial charge in [-0.1, -0.05) is 182 Å². The van der Waals surface area contributed by atoms with Gasteiger partial charge in [0.25, 0.3) is 0 Å². The zero-order valence-corrected chi connectivity index (χ0v) is 43.4. The number of hydrogen-bond acceptors (Lipinski definition) is 4. The maximum absolute atomic E-state index is 15.6. The highest BCUT2D eigenvalue weighted by molar-refractivity contribution is 7.48. The first-order chi connectivity index (χ1) is 34.3. The molecule has 356 valence electrons. The lowest BCUT2D eigenvalue weighted by atomic mass is 9.85. The molecule has 9 aromatic carbocycles. The lowest BCUT2D eigenvalue weighted by Crippen LogP contribution is -2.06. The molecule has 5 heteroatoms. The quantitative estimate of drug-likeness (QED) is 0.0961. The van der Waals surface area contributed by atoms with E-state index in [1.807, 2.05) is 0 Å². The molecular weight excluding hydrogens is 888 g/mol. The average Bonchev–Trinajstić information content (AvgIpc) is 3.37. The Morgan fingerprint density at radius 2 is 0.479 bits per heavy atom. The van der Waals surface area contributed by atoms with Gasteiger partial charge in [-0.25, -0.2) is 4.57 Å². The van der Waals surface area contributed by atoms with Gasteiger partial charge in [-0.2, -0.15) is 0 Å². The summed E-state index contributed by atoms with van der Waals surface area (Å²) in [6, 6.07) is 63.7. The van der Waals surface area contributed by atoms with Crippen molar-refractivity contribution >= 4 is 7.82 Å². The van der Waals surface area contributed by atoms with Crippen molar-refractivity contribution in [1.82, 2.24) is 0 Å². The maximum atomic E-state index is 15.6. The second kappa shape index (κ2) is 21.2. The van der Waals surface area contributed by atoms with Gasteiger partial charge in [0.05, 0.1) is 19.8 Å². The number of aryl methyl sites for hydroxylation is 6. The number of hydrogen-bond donors (Lipinski definition) is 0. The Bertz CT molecular complexity index is 3110. The molecule has 0 N–H and O–H groups in total. The van der Waals surface area contributed by atoms with Crippen LogP contribution >= 0.6 is 7.82 Å². The molecule has 0 saturated heterocycles. The molecule has 9 rings (SSSR count). The SMILES string of the molecule is Cc1ccccc1-c1ccc(COP(=O)(OCc2ccc(-c3ccccc3C)c(-c3ccccc3C)c2C)OCc2ccc(-c3ccccc3C)c(-c3ccccc3C)c2C)c(C)c1-c1ccccc1C. The molecule has 0 aliphatic rings. The largest absolute Gasteiger partial charge is 0.475 e. The van der Waals surface area contributed by atoms with Crippen LogP contribution in [-0.2, 0) is 38.0 Å². The number of phosphoric ester groups is 1.